The van der Waals surface area contributed by atoms with E-state index in [1.165, 1.54) is 12.1 Å². The standard InChI is InChI=1S/C19H28FN3O2/c1-4-23-11-9-16(10-12-23)22(3)19(25)8-7-18(24)21-15-5-6-17(20)14(2)13-15/h5-6,13,16H,4,7-12H2,1-3H3,(H,21,24). The van der Waals surface area contributed by atoms with Gasteiger partial charge in [-0.3, -0.25) is 9.59 Å². The zero-order valence-corrected chi connectivity index (χ0v) is 15.3. The number of carbonyl (C=O) groups excluding carboxylic acids is 2. The Labute approximate surface area is 149 Å². The van der Waals surface area contributed by atoms with Crippen LogP contribution in [0.1, 0.15) is 38.2 Å². The fraction of sp³-hybridized carbons (Fsp3) is 0.579. The third-order valence-electron chi connectivity index (χ3n) is 4.95. The quantitative estimate of drug-likeness (QED) is 0.859. The molecule has 1 saturated heterocycles. The van der Waals surface area contributed by atoms with Gasteiger partial charge in [0.25, 0.3) is 0 Å². The van der Waals surface area contributed by atoms with E-state index in [0.29, 0.717) is 11.3 Å². The van der Waals surface area contributed by atoms with Gasteiger partial charge in [0.1, 0.15) is 5.82 Å². The molecule has 2 rings (SSSR count). The van der Waals surface area contributed by atoms with Crippen molar-refractivity contribution in [3.05, 3.63) is 29.6 Å². The van der Waals surface area contributed by atoms with Crippen molar-refractivity contribution >= 4 is 17.5 Å². The average molecular weight is 349 g/mol. The van der Waals surface area contributed by atoms with E-state index in [4.69, 9.17) is 0 Å². The van der Waals surface area contributed by atoms with Gasteiger partial charge < -0.3 is 15.1 Å². The molecule has 1 N–H and O–H groups in total. The average Bonchev–Trinajstić information content (AvgIpc) is 2.62. The van der Waals surface area contributed by atoms with Crippen LogP contribution in [0.25, 0.3) is 0 Å². The molecule has 1 aromatic carbocycles. The lowest BCUT2D eigenvalue weighted by Crippen LogP contribution is -2.45. The summed E-state index contributed by atoms with van der Waals surface area (Å²) < 4.78 is 13.2. The Morgan fingerprint density at radius 3 is 2.56 bits per heavy atom. The van der Waals surface area contributed by atoms with Crippen molar-refractivity contribution in [3.63, 3.8) is 0 Å². The molecule has 5 nitrogen and oxygen atoms in total. The maximum atomic E-state index is 13.2. The molecular formula is C19H28FN3O2. The van der Waals surface area contributed by atoms with Crippen LogP contribution in [0.4, 0.5) is 10.1 Å². The van der Waals surface area contributed by atoms with Gasteiger partial charge in [-0.2, -0.15) is 0 Å². The molecule has 138 valence electrons. The highest BCUT2D eigenvalue weighted by atomic mass is 19.1. The number of anilines is 1. The molecule has 0 aromatic heterocycles. The SMILES string of the molecule is CCN1CCC(N(C)C(=O)CCC(=O)Nc2ccc(F)c(C)c2)CC1. The number of carbonyl (C=O) groups is 2. The van der Waals surface area contributed by atoms with Crippen molar-refractivity contribution < 1.29 is 14.0 Å². The molecule has 0 unspecified atom stereocenters. The Balaban J connectivity index is 1.76. The van der Waals surface area contributed by atoms with E-state index in [2.05, 4.69) is 17.1 Å². The number of likely N-dealkylation sites (tertiary alicyclic amines) is 1. The van der Waals surface area contributed by atoms with Crippen LogP contribution in [0.15, 0.2) is 18.2 Å². The number of hydrogen-bond acceptors (Lipinski definition) is 3. The summed E-state index contributed by atoms with van der Waals surface area (Å²) in [6.45, 7) is 6.88. The topological polar surface area (TPSA) is 52.7 Å². The molecule has 1 aliphatic heterocycles. The minimum absolute atomic E-state index is 0.000357. The first-order valence-electron chi connectivity index (χ1n) is 8.94. The summed E-state index contributed by atoms with van der Waals surface area (Å²) in [5, 5.41) is 2.71. The van der Waals surface area contributed by atoms with Crippen LogP contribution in [0.2, 0.25) is 0 Å². The number of piperidine rings is 1. The summed E-state index contributed by atoms with van der Waals surface area (Å²) in [5.41, 5.74) is 1.03. The summed E-state index contributed by atoms with van der Waals surface area (Å²) in [5.74, 6) is -0.530. The van der Waals surface area contributed by atoms with Crippen molar-refractivity contribution in [3.8, 4) is 0 Å². The van der Waals surface area contributed by atoms with Gasteiger partial charge in [-0.05, 0) is 50.1 Å². The summed E-state index contributed by atoms with van der Waals surface area (Å²) in [7, 11) is 1.83. The fourth-order valence-corrected chi connectivity index (χ4v) is 3.17. The van der Waals surface area contributed by atoms with E-state index in [9.17, 15) is 14.0 Å². The third kappa shape index (κ3) is 5.53. The van der Waals surface area contributed by atoms with E-state index in [0.717, 1.165) is 32.5 Å². The summed E-state index contributed by atoms with van der Waals surface area (Å²) in [6, 6.07) is 4.70. The smallest absolute Gasteiger partial charge is 0.224 e. The number of hydrogen-bond donors (Lipinski definition) is 1. The molecule has 0 bridgehead atoms. The molecule has 0 atom stereocenters. The molecule has 2 amide bonds. The van der Waals surface area contributed by atoms with Crippen molar-refractivity contribution in [2.75, 3.05) is 32.0 Å². The number of halogens is 1. The maximum absolute atomic E-state index is 13.2. The maximum Gasteiger partial charge on any atom is 0.224 e. The van der Waals surface area contributed by atoms with Crippen LogP contribution in [0, 0.1) is 12.7 Å². The first-order chi connectivity index (χ1) is 11.9. The summed E-state index contributed by atoms with van der Waals surface area (Å²) >= 11 is 0. The Morgan fingerprint density at radius 1 is 1.28 bits per heavy atom. The number of benzene rings is 1. The van der Waals surface area contributed by atoms with Gasteiger partial charge in [0.15, 0.2) is 0 Å². The molecule has 1 aromatic rings. The third-order valence-corrected chi connectivity index (χ3v) is 4.95. The van der Waals surface area contributed by atoms with E-state index in [1.807, 2.05) is 7.05 Å². The Bertz CT molecular complexity index is 613. The van der Waals surface area contributed by atoms with E-state index < -0.39 is 0 Å². The molecule has 25 heavy (non-hydrogen) atoms. The molecule has 0 spiro atoms. The highest BCUT2D eigenvalue weighted by molar-refractivity contribution is 5.93. The summed E-state index contributed by atoms with van der Waals surface area (Å²) in [4.78, 5) is 28.5. The van der Waals surface area contributed by atoms with Gasteiger partial charge in [0.05, 0.1) is 0 Å². The number of nitrogens with one attached hydrogen (secondary N) is 1. The van der Waals surface area contributed by atoms with Crippen LogP contribution < -0.4 is 5.32 Å². The minimum Gasteiger partial charge on any atom is -0.343 e. The highest BCUT2D eigenvalue weighted by Gasteiger charge is 2.24. The number of rotatable bonds is 6. The van der Waals surface area contributed by atoms with Gasteiger partial charge in [-0.15, -0.1) is 0 Å². The predicted octanol–water partition coefficient (Wildman–Crippen LogP) is 2.80. The zero-order valence-electron chi connectivity index (χ0n) is 15.3. The van der Waals surface area contributed by atoms with Crippen LogP contribution in [-0.4, -0.2) is 54.3 Å². The first-order valence-corrected chi connectivity index (χ1v) is 8.94. The van der Waals surface area contributed by atoms with E-state index in [1.54, 1.807) is 17.9 Å². The van der Waals surface area contributed by atoms with E-state index in [-0.39, 0.29) is 36.5 Å². The largest absolute Gasteiger partial charge is 0.343 e. The number of amides is 2. The molecule has 1 fully saturated rings. The minimum atomic E-state index is -0.302. The Morgan fingerprint density at radius 2 is 1.96 bits per heavy atom. The lowest BCUT2D eigenvalue weighted by atomic mass is 10.0. The Kier molecular flexibility index (Phi) is 6.93. The Hall–Kier alpha value is -1.95. The van der Waals surface area contributed by atoms with Crippen LogP contribution in [-0.2, 0) is 9.59 Å². The van der Waals surface area contributed by atoms with Crippen molar-refractivity contribution in [2.24, 2.45) is 0 Å². The van der Waals surface area contributed by atoms with Crippen LogP contribution in [0.5, 0.6) is 0 Å². The van der Waals surface area contributed by atoms with Gasteiger partial charge in [-0.1, -0.05) is 6.92 Å². The zero-order chi connectivity index (χ0) is 18.4. The molecule has 0 saturated carbocycles. The molecule has 6 heteroatoms. The molecule has 0 aliphatic carbocycles. The molecule has 1 heterocycles. The lowest BCUT2D eigenvalue weighted by molar-refractivity contribution is -0.134. The van der Waals surface area contributed by atoms with Crippen molar-refractivity contribution in [2.45, 2.75) is 45.6 Å². The van der Waals surface area contributed by atoms with Crippen molar-refractivity contribution in [1.82, 2.24) is 9.80 Å². The second-order valence-electron chi connectivity index (χ2n) is 6.68. The van der Waals surface area contributed by atoms with Crippen LogP contribution in [0.3, 0.4) is 0 Å². The summed E-state index contributed by atoms with van der Waals surface area (Å²) in [6.07, 6.45) is 2.29. The highest BCUT2D eigenvalue weighted by Crippen LogP contribution is 2.17. The second-order valence-corrected chi connectivity index (χ2v) is 6.68. The first kappa shape index (κ1) is 19.4. The second kappa shape index (κ2) is 8.94. The number of aryl methyl sites for hydroxylation is 1. The monoisotopic (exact) mass is 349 g/mol. The normalized spacial score (nSPS) is 15.8. The fourth-order valence-electron chi connectivity index (χ4n) is 3.17. The molecule has 1 aliphatic rings. The molecule has 0 radical (unpaired) electrons. The van der Waals surface area contributed by atoms with Crippen LogP contribution >= 0.6 is 0 Å². The lowest BCUT2D eigenvalue weighted by Gasteiger charge is -2.36. The van der Waals surface area contributed by atoms with Gasteiger partial charge >= 0.3 is 0 Å². The predicted molar refractivity (Wildman–Crippen MR) is 96.9 cm³/mol. The number of nitrogens with zero attached hydrogens (tertiary/aromatic N) is 2. The van der Waals surface area contributed by atoms with Gasteiger partial charge in [-0.25, -0.2) is 4.39 Å². The van der Waals surface area contributed by atoms with Gasteiger partial charge in [0.2, 0.25) is 11.8 Å². The van der Waals surface area contributed by atoms with Crippen molar-refractivity contribution in [1.29, 1.82) is 0 Å². The molecular weight excluding hydrogens is 321 g/mol. The van der Waals surface area contributed by atoms with E-state index >= 15 is 0 Å². The van der Waals surface area contributed by atoms with Gasteiger partial charge in [0, 0.05) is 44.7 Å².